The lowest BCUT2D eigenvalue weighted by Crippen LogP contribution is -2.47. The van der Waals surface area contributed by atoms with Crippen LogP contribution in [0.15, 0.2) is 24.3 Å². The fraction of sp³-hybridized carbons (Fsp3) is 0.650. The molecule has 1 aromatic rings. The first-order valence-corrected chi connectivity index (χ1v) is 9.43. The highest BCUT2D eigenvalue weighted by atomic mass is 16.5. The molecule has 0 radical (unpaired) electrons. The molecule has 1 aromatic carbocycles. The van der Waals surface area contributed by atoms with Crippen LogP contribution in [0.1, 0.15) is 55.3 Å². The Morgan fingerprint density at radius 1 is 1.08 bits per heavy atom. The molecular formula is C20H30N2O2. The number of hydrogen-bond acceptors (Lipinski definition) is 3. The van der Waals surface area contributed by atoms with Gasteiger partial charge in [0.1, 0.15) is 5.75 Å². The van der Waals surface area contributed by atoms with Crippen molar-refractivity contribution in [3.63, 3.8) is 0 Å². The van der Waals surface area contributed by atoms with Crippen molar-refractivity contribution in [3.05, 3.63) is 29.8 Å². The van der Waals surface area contributed by atoms with E-state index < -0.39 is 0 Å². The first-order chi connectivity index (χ1) is 11.8. The molecule has 132 valence electrons. The van der Waals surface area contributed by atoms with Gasteiger partial charge in [-0.15, -0.1) is 0 Å². The minimum atomic E-state index is 0.0493. The molecule has 4 nitrogen and oxygen atoms in total. The van der Waals surface area contributed by atoms with Crippen molar-refractivity contribution in [1.82, 2.24) is 10.2 Å². The van der Waals surface area contributed by atoms with Gasteiger partial charge in [0.2, 0.25) is 0 Å². The van der Waals surface area contributed by atoms with E-state index in [0.29, 0.717) is 12.0 Å². The number of benzene rings is 1. The Hall–Kier alpha value is -1.55. The molecule has 0 bridgehead atoms. The van der Waals surface area contributed by atoms with Crippen LogP contribution in [0, 0.1) is 5.92 Å². The summed E-state index contributed by atoms with van der Waals surface area (Å²) < 4.78 is 5.16. The third-order valence-electron chi connectivity index (χ3n) is 5.52. The first-order valence-electron chi connectivity index (χ1n) is 9.43. The van der Waals surface area contributed by atoms with Gasteiger partial charge >= 0.3 is 0 Å². The molecule has 1 heterocycles. The van der Waals surface area contributed by atoms with Crippen molar-refractivity contribution in [3.8, 4) is 5.75 Å². The Balaban J connectivity index is 1.58. The number of piperidine rings is 1. The van der Waals surface area contributed by atoms with Crippen molar-refractivity contribution in [2.24, 2.45) is 5.92 Å². The Labute approximate surface area is 145 Å². The Morgan fingerprint density at radius 2 is 1.79 bits per heavy atom. The van der Waals surface area contributed by atoms with Crippen molar-refractivity contribution >= 4 is 5.91 Å². The van der Waals surface area contributed by atoms with Crippen LogP contribution >= 0.6 is 0 Å². The maximum atomic E-state index is 12.6. The zero-order valence-corrected chi connectivity index (χ0v) is 14.8. The minimum absolute atomic E-state index is 0.0493. The topological polar surface area (TPSA) is 41.6 Å². The molecule has 1 saturated carbocycles. The van der Waals surface area contributed by atoms with Crippen LogP contribution in [-0.2, 0) is 0 Å². The fourth-order valence-electron chi connectivity index (χ4n) is 4.08. The average Bonchev–Trinajstić information content (AvgIpc) is 2.64. The van der Waals surface area contributed by atoms with Crippen molar-refractivity contribution in [1.29, 1.82) is 0 Å². The number of rotatable bonds is 5. The lowest BCUT2D eigenvalue weighted by Gasteiger charge is -2.37. The molecular weight excluding hydrogens is 300 g/mol. The summed E-state index contributed by atoms with van der Waals surface area (Å²) in [6, 6.07) is 7.70. The molecule has 1 N–H and O–H groups in total. The van der Waals surface area contributed by atoms with Gasteiger partial charge in [0.15, 0.2) is 0 Å². The highest BCUT2D eigenvalue weighted by Crippen LogP contribution is 2.27. The Kier molecular flexibility index (Phi) is 6.13. The molecule has 2 fully saturated rings. The van der Waals surface area contributed by atoms with Gasteiger partial charge in [-0.25, -0.2) is 0 Å². The number of nitrogens with one attached hydrogen (secondary N) is 1. The van der Waals surface area contributed by atoms with Crippen LogP contribution in [0.3, 0.4) is 0 Å². The summed E-state index contributed by atoms with van der Waals surface area (Å²) >= 11 is 0. The largest absolute Gasteiger partial charge is 0.497 e. The van der Waals surface area contributed by atoms with Gasteiger partial charge in [-0.05, 0) is 69.0 Å². The highest BCUT2D eigenvalue weighted by Gasteiger charge is 2.28. The third kappa shape index (κ3) is 4.50. The van der Waals surface area contributed by atoms with Crippen LogP contribution in [0.5, 0.6) is 5.75 Å². The summed E-state index contributed by atoms with van der Waals surface area (Å²) in [5.41, 5.74) is 0.720. The highest BCUT2D eigenvalue weighted by molar-refractivity contribution is 5.94. The SMILES string of the molecule is COc1ccc(C(=O)N[C@@H]2CCCC[C@H]2CN2CCCCC2)cc1. The monoisotopic (exact) mass is 330 g/mol. The van der Waals surface area contributed by atoms with E-state index in [1.807, 2.05) is 24.3 Å². The smallest absolute Gasteiger partial charge is 0.251 e. The first kappa shape index (κ1) is 17.3. The zero-order valence-electron chi connectivity index (χ0n) is 14.8. The number of carbonyl (C=O) groups is 1. The van der Waals surface area contributed by atoms with Gasteiger partial charge in [0, 0.05) is 18.2 Å². The average molecular weight is 330 g/mol. The molecule has 0 unspecified atom stereocenters. The second-order valence-electron chi connectivity index (χ2n) is 7.21. The summed E-state index contributed by atoms with van der Waals surface area (Å²) in [5.74, 6) is 1.43. The van der Waals surface area contributed by atoms with Crippen LogP contribution in [-0.4, -0.2) is 43.6 Å². The molecule has 0 spiro atoms. The molecule has 4 heteroatoms. The van der Waals surface area contributed by atoms with Gasteiger partial charge in [0.25, 0.3) is 5.91 Å². The summed E-state index contributed by atoms with van der Waals surface area (Å²) in [5, 5.41) is 3.31. The van der Waals surface area contributed by atoms with Crippen LogP contribution in [0.2, 0.25) is 0 Å². The number of amides is 1. The standard InChI is InChI=1S/C20H30N2O2/c1-24-18-11-9-16(10-12-18)20(23)21-19-8-4-3-7-17(19)15-22-13-5-2-6-14-22/h9-12,17,19H,2-8,13-15H2,1H3,(H,21,23)/t17-,19+/m0/s1. The number of nitrogens with zero attached hydrogens (tertiary/aromatic N) is 1. The minimum Gasteiger partial charge on any atom is -0.497 e. The van der Waals surface area contributed by atoms with E-state index >= 15 is 0 Å². The molecule has 1 saturated heterocycles. The fourth-order valence-corrected chi connectivity index (χ4v) is 4.08. The van der Waals surface area contributed by atoms with E-state index in [1.54, 1.807) is 7.11 Å². The maximum Gasteiger partial charge on any atom is 0.251 e. The summed E-state index contributed by atoms with van der Waals surface area (Å²) in [4.78, 5) is 15.2. The number of methoxy groups -OCH3 is 1. The van der Waals surface area contributed by atoms with Crippen molar-refractivity contribution in [2.75, 3.05) is 26.7 Å². The van der Waals surface area contributed by atoms with E-state index in [0.717, 1.165) is 24.3 Å². The summed E-state index contributed by atoms with van der Waals surface area (Å²) in [7, 11) is 1.64. The Morgan fingerprint density at radius 3 is 2.50 bits per heavy atom. The lowest BCUT2D eigenvalue weighted by molar-refractivity contribution is 0.0877. The van der Waals surface area contributed by atoms with Gasteiger partial charge in [0.05, 0.1) is 7.11 Å². The lowest BCUT2D eigenvalue weighted by atomic mass is 9.83. The molecule has 1 amide bonds. The maximum absolute atomic E-state index is 12.6. The van der Waals surface area contributed by atoms with E-state index in [9.17, 15) is 4.79 Å². The van der Waals surface area contributed by atoms with E-state index in [-0.39, 0.29) is 5.91 Å². The van der Waals surface area contributed by atoms with E-state index in [4.69, 9.17) is 4.74 Å². The predicted octanol–water partition coefficient (Wildman–Crippen LogP) is 3.47. The van der Waals surface area contributed by atoms with Gasteiger partial charge in [-0.2, -0.15) is 0 Å². The number of likely N-dealkylation sites (tertiary alicyclic amines) is 1. The van der Waals surface area contributed by atoms with Gasteiger partial charge < -0.3 is 15.0 Å². The number of carbonyl (C=O) groups excluding carboxylic acids is 1. The molecule has 3 rings (SSSR count). The van der Waals surface area contributed by atoms with Crippen molar-refractivity contribution < 1.29 is 9.53 Å². The molecule has 2 atom stereocenters. The van der Waals surface area contributed by atoms with Crippen LogP contribution in [0.25, 0.3) is 0 Å². The molecule has 2 aliphatic rings. The molecule has 24 heavy (non-hydrogen) atoms. The van der Waals surface area contributed by atoms with Crippen molar-refractivity contribution in [2.45, 2.75) is 51.0 Å². The van der Waals surface area contributed by atoms with Gasteiger partial charge in [-0.3, -0.25) is 4.79 Å². The van der Waals surface area contributed by atoms with Crippen LogP contribution < -0.4 is 10.1 Å². The second-order valence-corrected chi connectivity index (χ2v) is 7.21. The van der Waals surface area contributed by atoms with Gasteiger partial charge in [-0.1, -0.05) is 19.3 Å². The van der Waals surface area contributed by atoms with E-state index in [2.05, 4.69) is 10.2 Å². The zero-order chi connectivity index (χ0) is 16.8. The number of hydrogen-bond donors (Lipinski definition) is 1. The van der Waals surface area contributed by atoms with E-state index in [1.165, 1.54) is 51.6 Å². The molecule has 1 aliphatic carbocycles. The second kappa shape index (κ2) is 8.52. The molecule has 0 aromatic heterocycles. The molecule has 1 aliphatic heterocycles. The van der Waals surface area contributed by atoms with Crippen LogP contribution in [0.4, 0.5) is 0 Å². The number of ether oxygens (including phenoxy) is 1. The normalized spacial score (nSPS) is 25.2. The Bertz CT molecular complexity index is 523. The third-order valence-corrected chi connectivity index (χ3v) is 5.52. The summed E-state index contributed by atoms with van der Waals surface area (Å²) in [6.07, 6.45) is 8.91. The quantitative estimate of drug-likeness (QED) is 0.899. The predicted molar refractivity (Wildman–Crippen MR) is 96.5 cm³/mol. The summed E-state index contributed by atoms with van der Waals surface area (Å²) in [6.45, 7) is 3.61.